The van der Waals surface area contributed by atoms with Gasteiger partial charge in [-0.25, -0.2) is 4.79 Å². The number of carbonyl (C=O) groups excluding carboxylic acids is 1. The van der Waals surface area contributed by atoms with Crippen molar-refractivity contribution in [3.8, 4) is 5.75 Å². The molecule has 0 unspecified atom stereocenters. The van der Waals surface area contributed by atoms with E-state index in [9.17, 15) is 4.79 Å². The molecule has 0 spiro atoms. The van der Waals surface area contributed by atoms with E-state index >= 15 is 0 Å². The van der Waals surface area contributed by atoms with Gasteiger partial charge in [0, 0.05) is 6.54 Å². The normalized spacial score (nSPS) is 10.2. The summed E-state index contributed by atoms with van der Waals surface area (Å²) in [7, 11) is 1.64. The maximum absolute atomic E-state index is 11.9. The fraction of sp³-hybridized carbons (Fsp3) is 0.235. The van der Waals surface area contributed by atoms with Gasteiger partial charge < -0.3 is 9.57 Å². The predicted molar refractivity (Wildman–Crippen MR) is 81.3 cm³/mol. The number of ether oxygens (including phenoxy) is 1. The number of nitrogens with one attached hydrogen (secondary N) is 1. The molecular formula is C17H19NO3. The summed E-state index contributed by atoms with van der Waals surface area (Å²) in [5, 5.41) is 0. The number of rotatable bonds is 6. The maximum Gasteiger partial charge on any atom is 0.357 e. The summed E-state index contributed by atoms with van der Waals surface area (Å²) >= 11 is 0. The van der Waals surface area contributed by atoms with Crippen LogP contribution in [0.5, 0.6) is 5.75 Å². The molecule has 2 aromatic carbocycles. The molecule has 1 N–H and O–H groups in total. The van der Waals surface area contributed by atoms with Crippen LogP contribution in [-0.2, 0) is 11.3 Å². The van der Waals surface area contributed by atoms with Gasteiger partial charge in [-0.2, -0.15) is 5.48 Å². The topological polar surface area (TPSA) is 47.6 Å². The average Bonchev–Trinajstić information content (AvgIpc) is 2.52. The van der Waals surface area contributed by atoms with Crippen LogP contribution in [0.4, 0.5) is 0 Å². The highest BCUT2D eigenvalue weighted by Crippen LogP contribution is 2.17. The first-order valence-corrected chi connectivity index (χ1v) is 6.84. The second kappa shape index (κ2) is 7.45. The minimum Gasteiger partial charge on any atom is -0.496 e. The molecule has 2 aromatic rings. The first-order valence-electron chi connectivity index (χ1n) is 6.84. The number of hydroxylamine groups is 1. The van der Waals surface area contributed by atoms with Crippen LogP contribution in [-0.4, -0.2) is 19.6 Å². The summed E-state index contributed by atoms with van der Waals surface area (Å²) in [5.41, 5.74) is 5.24. The number of benzene rings is 2. The fourth-order valence-corrected chi connectivity index (χ4v) is 2.07. The summed E-state index contributed by atoms with van der Waals surface area (Å²) in [6, 6.07) is 15.1. The molecule has 2 rings (SSSR count). The average molecular weight is 285 g/mol. The molecule has 0 saturated heterocycles. The highest BCUT2D eigenvalue weighted by molar-refractivity contribution is 5.90. The lowest BCUT2D eigenvalue weighted by Crippen LogP contribution is -2.23. The molecule has 0 aliphatic carbocycles. The quantitative estimate of drug-likeness (QED) is 0.655. The van der Waals surface area contributed by atoms with Gasteiger partial charge >= 0.3 is 5.97 Å². The van der Waals surface area contributed by atoms with E-state index in [1.54, 1.807) is 13.2 Å². The van der Waals surface area contributed by atoms with Crippen molar-refractivity contribution in [2.75, 3.05) is 13.7 Å². The molecule has 0 aliphatic rings. The molecule has 0 atom stereocenters. The molecule has 0 fully saturated rings. The van der Waals surface area contributed by atoms with Gasteiger partial charge in [-0.1, -0.05) is 36.4 Å². The summed E-state index contributed by atoms with van der Waals surface area (Å²) in [6.07, 6.45) is 0.713. The van der Waals surface area contributed by atoms with Crippen molar-refractivity contribution in [1.82, 2.24) is 5.48 Å². The zero-order valence-electron chi connectivity index (χ0n) is 12.3. The van der Waals surface area contributed by atoms with Crippen molar-refractivity contribution in [2.24, 2.45) is 0 Å². The Labute approximate surface area is 124 Å². The summed E-state index contributed by atoms with van der Waals surface area (Å²) in [6.45, 7) is 2.41. The molecule has 0 heterocycles. The van der Waals surface area contributed by atoms with Crippen LogP contribution in [0.15, 0.2) is 48.5 Å². The number of hydrogen-bond acceptors (Lipinski definition) is 4. The Morgan fingerprint density at radius 1 is 1.10 bits per heavy atom. The molecule has 21 heavy (non-hydrogen) atoms. The largest absolute Gasteiger partial charge is 0.496 e. The van der Waals surface area contributed by atoms with Gasteiger partial charge in [-0.15, -0.1) is 0 Å². The Kier molecular flexibility index (Phi) is 5.35. The summed E-state index contributed by atoms with van der Waals surface area (Å²) in [5.74, 6) is 0.470. The van der Waals surface area contributed by atoms with Crippen LogP contribution >= 0.6 is 0 Å². The zero-order chi connectivity index (χ0) is 15.1. The van der Waals surface area contributed by atoms with E-state index in [0.717, 1.165) is 16.9 Å². The van der Waals surface area contributed by atoms with Crippen molar-refractivity contribution in [3.05, 3.63) is 65.2 Å². The second-order valence-electron chi connectivity index (χ2n) is 4.66. The number of aryl methyl sites for hydroxylation is 1. The Bertz CT molecular complexity index is 610. The van der Waals surface area contributed by atoms with Crippen molar-refractivity contribution < 1.29 is 14.4 Å². The first-order chi connectivity index (χ1) is 10.2. The van der Waals surface area contributed by atoms with Crippen LogP contribution in [0, 0.1) is 6.92 Å². The standard InChI is InChI=1S/C17H19NO3/c1-13-7-3-5-9-15(13)17(19)21-18-12-11-14-8-4-6-10-16(14)20-2/h3-10,18H,11-12H2,1-2H3. The van der Waals surface area contributed by atoms with Gasteiger partial charge in [0.25, 0.3) is 0 Å². The van der Waals surface area contributed by atoms with Crippen LogP contribution in [0.2, 0.25) is 0 Å². The highest BCUT2D eigenvalue weighted by atomic mass is 16.7. The lowest BCUT2D eigenvalue weighted by molar-refractivity contribution is 0.0255. The van der Waals surface area contributed by atoms with Crippen molar-refractivity contribution in [2.45, 2.75) is 13.3 Å². The van der Waals surface area contributed by atoms with E-state index < -0.39 is 0 Å². The van der Waals surface area contributed by atoms with E-state index in [1.807, 2.05) is 49.4 Å². The molecular weight excluding hydrogens is 266 g/mol. The maximum atomic E-state index is 11.9. The molecule has 0 radical (unpaired) electrons. The van der Waals surface area contributed by atoms with Gasteiger partial charge in [0.15, 0.2) is 0 Å². The number of para-hydroxylation sites is 1. The smallest absolute Gasteiger partial charge is 0.357 e. The third-order valence-corrected chi connectivity index (χ3v) is 3.22. The Hall–Kier alpha value is -2.33. The van der Waals surface area contributed by atoms with E-state index in [4.69, 9.17) is 9.57 Å². The second-order valence-corrected chi connectivity index (χ2v) is 4.66. The third-order valence-electron chi connectivity index (χ3n) is 3.22. The molecule has 0 saturated carbocycles. The van der Waals surface area contributed by atoms with Crippen molar-refractivity contribution in [1.29, 1.82) is 0 Å². The molecule has 110 valence electrons. The number of hydrogen-bond donors (Lipinski definition) is 1. The zero-order valence-corrected chi connectivity index (χ0v) is 12.3. The van der Waals surface area contributed by atoms with Crippen molar-refractivity contribution >= 4 is 5.97 Å². The molecule has 0 aromatic heterocycles. The first kappa shape index (κ1) is 15.1. The minimum atomic E-state index is -0.367. The Balaban J connectivity index is 1.82. The van der Waals surface area contributed by atoms with Crippen molar-refractivity contribution in [3.63, 3.8) is 0 Å². The van der Waals surface area contributed by atoms with E-state index in [1.165, 1.54) is 0 Å². The van der Waals surface area contributed by atoms with E-state index in [-0.39, 0.29) is 5.97 Å². The third kappa shape index (κ3) is 4.07. The van der Waals surface area contributed by atoms with E-state index in [0.29, 0.717) is 18.5 Å². The van der Waals surface area contributed by atoms with Gasteiger partial charge in [-0.3, -0.25) is 0 Å². The molecule has 0 amide bonds. The fourth-order valence-electron chi connectivity index (χ4n) is 2.07. The molecule has 0 bridgehead atoms. The van der Waals surface area contributed by atoms with Crippen LogP contribution < -0.4 is 10.2 Å². The predicted octanol–water partition coefficient (Wildman–Crippen LogP) is 2.91. The highest BCUT2D eigenvalue weighted by Gasteiger charge is 2.09. The molecule has 4 heteroatoms. The molecule has 0 aliphatic heterocycles. The Morgan fingerprint density at radius 2 is 1.81 bits per heavy atom. The van der Waals surface area contributed by atoms with Gasteiger partial charge in [0.2, 0.25) is 0 Å². The van der Waals surface area contributed by atoms with Crippen LogP contribution in [0.3, 0.4) is 0 Å². The number of carbonyl (C=O) groups is 1. The monoisotopic (exact) mass is 285 g/mol. The van der Waals surface area contributed by atoms with Gasteiger partial charge in [0.1, 0.15) is 5.75 Å². The lowest BCUT2D eigenvalue weighted by atomic mass is 10.1. The minimum absolute atomic E-state index is 0.367. The van der Waals surface area contributed by atoms with Gasteiger partial charge in [0.05, 0.1) is 12.7 Å². The SMILES string of the molecule is COc1ccccc1CCNOC(=O)c1ccccc1C. The van der Waals surface area contributed by atoms with Crippen LogP contribution in [0.25, 0.3) is 0 Å². The number of methoxy groups -OCH3 is 1. The van der Waals surface area contributed by atoms with Crippen LogP contribution in [0.1, 0.15) is 21.5 Å². The summed E-state index contributed by atoms with van der Waals surface area (Å²) < 4.78 is 5.27. The van der Waals surface area contributed by atoms with Gasteiger partial charge in [-0.05, 0) is 36.6 Å². The summed E-state index contributed by atoms with van der Waals surface area (Å²) in [4.78, 5) is 17.0. The van der Waals surface area contributed by atoms with E-state index in [2.05, 4.69) is 5.48 Å². The Morgan fingerprint density at radius 3 is 2.57 bits per heavy atom. The lowest BCUT2D eigenvalue weighted by Gasteiger charge is -2.09. The molecule has 4 nitrogen and oxygen atoms in total.